The van der Waals surface area contributed by atoms with Crippen LogP contribution in [-0.4, -0.2) is 32.8 Å². The van der Waals surface area contributed by atoms with E-state index in [2.05, 4.69) is 34.9 Å². The van der Waals surface area contributed by atoms with Gasteiger partial charge in [-0.05, 0) is 0 Å². The topological polar surface area (TPSA) is 70.9 Å². The smallest absolute Gasteiger partial charge is 0.181 e. The lowest BCUT2D eigenvalue weighted by atomic mass is 10.1. The molecule has 0 bridgehead atoms. The Morgan fingerprint density at radius 3 is 2.95 bits per heavy atom. The van der Waals surface area contributed by atoms with Crippen molar-refractivity contribution in [2.45, 2.75) is 32.4 Å². The van der Waals surface area contributed by atoms with Crippen LogP contribution in [0.3, 0.4) is 0 Å². The van der Waals surface area contributed by atoms with Crippen molar-refractivity contribution in [1.82, 2.24) is 19.7 Å². The van der Waals surface area contributed by atoms with E-state index in [1.807, 2.05) is 4.68 Å². The molecule has 3 heterocycles. The molecule has 6 heteroatoms. The Bertz CT molecular complexity index is 630. The van der Waals surface area contributed by atoms with Crippen molar-refractivity contribution < 1.29 is 4.42 Å². The van der Waals surface area contributed by atoms with Crippen LogP contribution in [0, 0.1) is 11.3 Å². The molecule has 1 aliphatic heterocycles. The van der Waals surface area contributed by atoms with Crippen molar-refractivity contribution in [3.63, 3.8) is 0 Å². The lowest BCUT2D eigenvalue weighted by Gasteiger charge is -2.38. The first-order valence-corrected chi connectivity index (χ1v) is 6.76. The Morgan fingerprint density at radius 1 is 1.50 bits per heavy atom. The van der Waals surface area contributed by atoms with Crippen molar-refractivity contribution in [1.29, 1.82) is 5.26 Å². The van der Waals surface area contributed by atoms with E-state index in [0.29, 0.717) is 17.5 Å². The van der Waals surface area contributed by atoms with Gasteiger partial charge in [0.1, 0.15) is 11.8 Å². The molecule has 0 aromatic carbocycles. The summed E-state index contributed by atoms with van der Waals surface area (Å²) >= 11 is 0. The molecule has 0 N–H and O–H groups in total. The van der Waals surface area contributed by atoms with Gasteiger partial charge >= 0.3 is 0 Å². The van der Waals surface area contributed by atoms with Gasteiger partial charge in [0.05, 0.1) is 23.5 Å². The van der Waals surface area contributed by atoms with E-state index in [1.54, 1.807) is 12.4 Å². The predicted molar refractivity (Wildman–Crippen MR) is 71.8 cm³/mol. The van der Waals surface area contributed by atoms with Crippen molar-refractivity contribution in [2.24, 2.45) is 0 Å². The maximum atomic E-state index is 8.80. The van der Waals surface area contributed by atoms with Crippen LogP contribution in [0.25, 0.3) is 0 Å². The second-order valence-corrected chi connectivity index (χ2v) is 5.49. The highest BCUT2D eigenvalue weighted by atomic mass is 16.3. The highest BCUT2D eigenvalue weighted by molar-refractivity contribution is 5.22. The summed E-state index contributed by atoms with van der Waals surface area (Å²) in [4.78, 5) is 6.61. The first-order valence-electron chi connectivity index (χ1n) is 6.76. The zero-order chi connectivity index (χ0) is 14.1. The molecule has 0 spiro atoms. The lowest BCUT2D eigenvalue weighted by molar-refractivity contribution is 0.0890. The van der Waals surface area contributed by atoms with Gasteiger partial charge in [-0.2, -0.15) is 10.4 Å². The Morgan fingerprint density at radius 2 is 2.30 bits per heavy atom. The molecule has 0 atom stereocenters. The monoisotopic (exact) mass is 271 g/mol. The van der Waals surface area contributed by atoms with E-state index >= 15 is 0 Å². The molecule has 1 saturated heterocycles. The molecule has 20 heavy (non-hydrogen) atoms. The van der Waals surface area contributed by atoms with E-state index in [9.17, 15) is 0 Å². The Hall–Kier alpha value is -2.13. The fourth-order valence-corrected chi connectivity index (χ4v) is 2.51. The summed E-state index contributed by atoms with van der Waals surface area (Å²) in [6.07, 6.45) is 4.93. The molecule has 0 aliphatic carbocycles. The highest BCUT2D eigenvalue weighted by Gasteiger charge is 2.30. The van der Waals surface area contributed by atoms with Gasteiger partial charge in [0, 0.05) is 31.7 Å². The Labute approximate surface area is 117 Å². The molecule has 2 aromatic heterocycles. The molecule has 0 radical (unpaired) electrons. The molecular formula is C14H17N5O. The van der Waals surface area contributed by atoms with Crippen LogP contribution in [0.5, 0.6) is 0 Å². The van der Waals surface area contributed by atoms with Crippen LogP contribution in [0.4, 0.5) is 0 Å². The fourth-order valence-electron chi connectivity index (χ4n) is 2.51. The normalized spacial score (nSPS) is 16.3. The van der Waals surface area contributed by atoms with Gasteiger partial charge in [-0.3, -0.25) is 9.58 Å². The zero-order valence-electron chi connectivity index (χ0n) is 11.7. The van der Waals surface area contributed by atoms with Gasteiger partial charge in [0.25, 0.3) is 0 Å². The number of rotatable bonds is 4. The second kappa shape index (κ2) is 5.10. The minimum Gasteiger partial charge on any atom is -0.448 e. The fraction of sp³-hybridized carbons (Fsp3) is 0.500. The third-order valence-corrected chi connectivity index (χ3v) is 3.61. The third-order valence-electron chi connectivity index (χ3n) is 3.61. The lowest BCUT2D eigenvalue weighted by Crippen LogP contribution is -2.47. The first-order chi connectivity index (χ1) is 9.67. The second-order valence-electron chi connectivity index (χ2n) is 5.49. The number of aromatic nitrogens is 3. The van der Waals surface area contributed by atoms with E-state index in [4.69, 9.17) is 9.68 Å². The third kappa shape index (κ3) is 2.32. The summed E-state index contributed by atoms with van der Waals surface area (Å²) in [6, 6.07) is 2.45. The van der Waals surface area contributed by atoms with E-state index in [-0.39, 0.29) is 0 Å². The minimum atomic E-state index is 0.353. The standard InChI is InChI=1S/C14H17N5O/c1-10(2)14-13(16-9-20-14)8-18-6-12(7-18)19-5-11(3-15)4-17-19/h4-5,9-10,12H,6-8H2,1-2H3. The Balaban J connectivity index is 1.58. The van der Waals surface area contributed by atoms with Crippen molar-refractivity contribution in [2.75, 3.05) is 13.1 Å². The molecule has 3 rings (SSSR count). The van der Waals surface area contributed by atoms with Gasteiger partial charge in [0.15, 0.2) is 6.39 Å². The molecule has 0 saturated carbocycles. The summed E-state index contributed by atoms with van der Waals surface area (Å²) in [5.41, 5.74) is 1.64. The molecule has 0 unspecified atom stereocenters. The van der Waals surface area contributed by atoms with Gasteiger partial charge in [-0.1, -0.05) is 13.8 Å². The van der Waals surface area contributed by atoms with Gasteiger partial charge in [0.2, 0.25) is 0 Å². The van der Waals surface area contributed by atoms with Gasteiger partial charge in [-0.25, -0.2) is 4.98 Å². The quantitative estimate of drug-likeness (QED) is 0.849. The van der Waals surface area contributed by atoms with Crippen molar-refractivity contribution in [3.05, 3.63) is 35.8 Å². The van der Waals surface area contributed by atoms with Crippen LogP contribution in [0.2, 0.25) is 0 Å². The first kappa shape index (κ1) is 12.9. The average molecular weight is 271 g/mol. The number of hydrogen-bond donors (Lipinski definition) is 0. The zero-order valence-corrected chi connectivity index (χ0v) is 11.7. The van der Waals surface area contributed by atoms with Crippen LogP contribution < -0.4 is 0 Å². The van der Waals surface area contributed by atoms with Crippen LogP contribution in [0.15, 0.2) is 23.2 Å². The Kier molecular flexibility index (Phi) is 3.28. The molecule has 1 fully saturated rings. The molecular weight excluding hydrogens is 254 g/mol. The summed E-state index contributed by atoms with van der Waals surface area (Å²) in [7, 11) is 0. The summed E-state index contributed by atoms with van der Waals surface area (Å²) < 4.78 is 7.31. The minimum absolute atomic E-state index is 0.353. The van der Waals surface area contributed by atoms with E-state index in [1.165, 1.54) is 6.39 Å². The maximum absolute atomic E-state index is 8.80. The SMILES string of the molecule is CC(C)c1ocnc1CN1CC(n2cc(C#N)cn2)C1. The number of nitrogens with zero attached hydrogens (tertiary/aromatic N) is 5. The predicted octanol–water partition coefficient (Wildman–Crippen LogP) is 1.92. The van der Waals surface area contributed by atoms with Gasteiger partial charge < -0.3 is 4.42 Å². The molecule has 6 nitrogen and oxygen atoms in total. The summed E-state index contributed by atoms with van der Waals surface area (Å²) in [5, 5.41) is 13.0. The van der Waals surface area contributed by atoms with E-state index < -0.39 is 0 Å². The van der Waals surface area contributed by atoms with Crippen molar-refractivity contribution in [3.8, 4) is 6.07 Å². The average Bonchev–Trinajstić information content (AvgIpc) is 3.01. The summed E-state index contributed by atoms with van der Waals surface area (Å²) in [5.74, 6) is 1.33. The number of nitriles is 1. The van der Waals surface area contributed by atoms with E-state index in [0.717, 1.165) is 31.1 Å². The van der Waals surface area contributed by atoms with Crippen LogP contribution in [-0.2, 0) is 6.54 Å². The molecule has 104 valence electrons. The van der Waals surface area contributed by atoms with Crippen molar-refractivity contribution >= 4 is 0 Å². The maximum Gasteiger partial charge on any atom is 0.181 e. The molecule has 0 amide bonds. The highest BCUT2D eigenvalue weighted by Crippen LogP contribution is 2.25. The summed E-state index contributed by atoms with van der Waals surface area (Å²) in [6.45, 7) is 6.88. The van der Waals surface area contributed by atoms with Gasteiger partial charge in [-0.15, -0.1) is 0 Å². The number of likely N-dealkylation sites (tertiary alicyclic amines) is 1. The largest absolute Gasteiger partial charge is 0.448 e. The molecule has 2 aromatic rings. The molecule has 1 aliphatic rings. The van der Waals surface area contributed by atoms with Crippen LogP contribution >= 0.6 is 0 Å². The number of oxazole rings is 1. The van der Waals surface area contributed by atoms with Crippen LogP contribution in [0.1, 0.15) is 42.8 Å². The number of hydrogen-bond acceptors (Lipinski definition) is 5.